The first-order valence-electron chi connectivity index (χ1n) is 16.3. The number of allylic oxidation sites excluding steroid dienone is 5. The number of carbonyl (C=O) groups excluding carboxylic acids is 1. The fraction of sp³-hybridized carbons (Fsp3) is 0.625. The molecule has 1 aromatic rings. The molecule has 3 rings (SSSR count). The Balaban J connectivity index is -0.000000213. The Morgan fingerprint density at radius 1 is 0.902 bits per heavy atom. The minimum absolute atomic E-state index is 0.694. The molecule has 0 unspecified atom stereocenters. The highest BCUT2D eigenvalue weighted by atomic mass is 16.1. The summed E-state index contributed by atoms with van der Waals surface area (Å²) in [4.78, 5) is 8.81. The van der Waals surface area contributed by atoms with Gasteiger partial charge in [-0.25, -0.2) is 0 Å². The zero-order valence-corrected chi connectivity index (χ0v) is 30.1. The second kappa shape index (κ2) is 30.8. The van der Waals surface area contributed by atoms with Crippen LogP contribution in [0.4, 0.5) is 0 Å². The molecule has 0 radical (unpaired) electrons. The van der Waals surface area contributed by atoms with Gasteiger partial charge >= 0.3 is 0 Å². The molecule has 0 saturated heterocycles. The van der Waals surface area contributed by atoms with E-state index < -0.39 is 0 Å². The molecule has 0 spiro atoms. The lowest BCUT2D eigenvalue weighted by Crippen LogP contribution is -2.18. The van der Waals surface area contributed by atoms with Gasteiger partial charge in [-0.3, -0.25) is 0 Å². The third kappa shape index (κ3) is 29.2. The number of aryl methyl sites for hydroxylation is 2. The van der Waals surface area contributed by atoms with Gasteiger partial charge in [0.05, 0.1) is 0 Å². The van der Waals surface area contributed by atoms with Crippen molar-refractivity contribution in [2.24, 2.45) is 17.3 Å². The van der Waals surface area contributed by atoms with E-state index in [2.05, 4.69) is 118 Å². The van der Waals surface area contributed by atoms with Crippen LogP contribution in [0.3, 0.4) is 0 Å². The molecular formula is C40H72O. The van der Waals surface area contributed by atoms with Gasteiger partial charge in [0.1, 0.15) is 6.29 Å². The number of benzene rings is 1. The molecule has 0 N–H and O–H groups in total. The summed E-state index contributed by atoms with van der Waals surface area (Å²) in [5, 5.41) is 0. The first-order chi connectivity index (χ1) is 19.3. The van der Waals surface area contributed by atoms with Crippen LogP contribution in [0.2, 0.25) is 0 Å². The van der Waals surface area contributed by atoms with E-state index in [1.807, 2.05) is 20.8 Å². The smallest absolute Gasteiger partial charge is 0.116 e. The van der Waals surface area contributed by atoms with Gasteiger partial charge in [0, 0.05) is 0 Å². The van der Waals surface area contributed by atoms with Crippen molar-refractivity contribution in [3.05, 3.63) is 84.0 Å². The average molecular weight is 569 g/mol. The van der Waals surface area contributed by atoms with Gasteiger partial charge in [-0.15, -0.1) is 19.7 Å². The van der Waals surface area contributed by atoms with Gasteiger partial charge < -0.3 is 4.79 Å². The van der Waals surface area contributed by atoms with Gasteiger partial charge in [0.25, 0.3) is 0 Å². The molecule has 0 aromatic heterocycles. The van der Waals surface area contributed by atoms with Crippen molar-refractivity contribution in [1.82, 2.24) is 0 Å². The fourth-order valence-corrected chi connectivity index (χ4v) is 4.00. The Bertz CT molecular complexity index is 762. The molecule has 0 amide bonds. The van der Waals surface area contributed by atoms with Gasteiger partial charge in [0.2, 0.25) is 0 Å². The summed E-state index contributed by atoms with van der Waals surface area (Å²) in [6, 6.07) is 8.48. The molecule has 1 aromatic carbocycles. The predicted molar refractivity (Wildman–Crippen MR) is 192 cm³/mol. The number of hydrogen-bond donors (Lipinski definition) is 0. The van der Waals surface area contributed by atoms with Crippen molar-refractivity contribution in [1.29, 1.82) is 0 Å². The zero-order chi connectivity index (χ0) is 32.9. The van der Waals surface area contributed by atoms with Crippen LogP contribution in [-0.2, 0) is 4.79 Å². The SMILES string of the molecule is C=C.C=C(C)CC.CC.CC(C)C1=CCCC(C(C)C)=C1.CC=O.CCC1(C)CCCCC1.Cc1ccc(C)cc1. The molecule has 1 fully saturated rings. The molecule has 2 aliphatic rings. The maximum absolute atomic E-state index is 8.81. The van der Waals surface area contributed by atoms with E-state index in [1.165, 1.54) is 80.6 Å². The van der Waals surface area contributed by atoms with E-state index in [-0.39, 0.29) is 0 Å². The second-order valence-corrected chi connectivity index (χ2v) is 11.7. The van der Waals surface area contributed by atoms with E-state index in [0.29, 0.717) is 5.92 Å². The van der Waals surface area contributed by atoms with E-state index in [1.54, 1.807) is 5.57 Å². The van der Waals surface area contributed by atoms with Crippen LogP contribution < -0.4 is 0 Å². The van der Waals surface area contributed by atoms with Crippen LogP contribution in [-0.4, -0.2) is 6.29 Å². The molecule has 0 atom stereocenters. The molecule has 0 aliphatic heterocycles. The van der Waals surface area contributed by atoms with Crippen molar-refractivity contribution in [2.45, 2.75) is 148 Å². The van der Waals surface area contributed by atoms with Crippen molar-refractivity contribution in [3.8, 4) is 0 Å². The first-order valence-corrected chi connectivity index (χ1v) is 16.3. The maximum Gasteiger partial charge on any atom is 0.116 e. The number of hydrogen-bond acceptors (Lipinski definition) is 1. The van der Waals surface area contributed by atoms with Crippen molar-refractivity contribution < 1.29 is 4.79 Å². The largest absolute Gasteiger partial charge is 0.304 e. The average Bonchev–Trinajstić information content (AvgIpc) is 2.98. The fourth-order valence-electron chi connectivity index (χ4n) is 4.00. The number of carbonyl (C=O) groups is 1. The summed E-state index contributed by atoms with van der Waals surface area (Å²) < 4.78 is 0. The summed E-state index contributed by atoms with van der Waals surface area (Å²) in [7, 11) is 0. The van der Waals surface area contributed by atoms with Crippen LogP contribution in [0.15, 0.2) is 72.9 Å². The van der Waals surface area contributed by atoms with E-state index in [0.717, 1.165) is 24.0 Å². The van der Waals surface area contributed by atoms with Crippen LogP contribution in [0.1, 0.15) is 145 Å². The minimum atomic E-state index is 0.694. The van der Waals surface area contributed by atoms with Crippen molar-refractivity contribution in [3.63, 3.8) is 0 Å². The highest BCUT2D eigenvalue weighted by molar-refractivity contribution is 5.44. The molecule has 238 valence electrons. The monoisotopic (exact) mass is 569 g/mol. The molecular weight excluding hydrogens is 496 g/mol. The molecule has 1 heteroatoms. The Morgan fingerprint density at radius 3 is 1.56 bits per heavy atom. The number of aldehydes is 1. The molecule has 2 aliphatic carbocycles. The lowest BCUT2D eigenvalue weighted by atomic mass is 9.74. The third-order valence-corrected chi connectivity index (χ3v) is 7.31. The van der Waals surface area contributed by atoms with Gasteiger partial charge in [-0.05, 0) is 82.6 Å². The molecule has 0 bridgehead atoms. The normalized spacial score (nSPS) is 14.3. The Hall–Kier alpha value is -2.15. The van der Waals surface area contributed by atoms with Gasteiger partial charge in [-0.2, -0.15) is 0 Å². The maximum atomic E-state index is 8.81. The molecule has 0 heterocycles. The summed E-state index contributed by atoms with van der Waals surface area (Å²) in [6.07, 6.45) is 17.9. The highest BCUT2D eigenvalue weighted by Crippen LogP contribution is 2.38. The highest BCUT2D eigenvalue weighted by Gasteiger charge is 2.23. The molecule has 41 heavy (non-hydrogen) atoms. The zero-order valence-electron chi connectivity index (χ0n) is 30.1. The Labute approximate surface area is 259 Å². The number of rotatable bonds is 4. The van der Waals surface area contributed by atoms with Crippen LogP contribution >= 0.6 is 0 Å². The van der Waals surface area contributed by atoms with E-state index >= 15 is 0 Å². The first kappa shape index (κ1) is 45.8. The van der Waals surface area contributed by atoms with Gasteiger partial charge in [0.15, 0.2) is 0 Å². The lowest BCUT2D eigenvalue weighted by molar-refractivity contribution is -0.106. The quantitative estimate of drug-likeness (QED) is 0.261. The van der Waals surface area contributed by atoms with Crippen LogP contribution in [0, 0.1) is 31.1 Å². The van der Waals surface area contributed by atoms with E-state index in [9.17, 15) is 0 Å². The Morgan fingerprint density at radius 2 is 1.29 bits per heavy atom. The van der Waals surface area contributed by atoms with Crippen LogP contribution in [0.25, 0.3) is 0 Å². The standard InChI is InChI=1S/C12H20.C9H18.C8H10.C5H10.C2H4O.C2H6.C2H4/c1-9(2)11-6-5-7-12(8-11)10(3)4;1-3-9(2)7-5-4-6-8-9;1-7-3-5-8(2)6-4-7;1-4-5(2)3;1-2-3;2*1-2/h6,8-10H,5,7H2,1-4H3;3-8H2,1-2H3;3-6H,1-2H3;2,4H2,1,3H3;2H,1H3;1-2H3;1-2H2. The summed E-state index contributed by atoms with van der Waals surface area (Å²) in [6.45, 7) is 37.3. The summed E-state index contributed by atoms with van der Waals surface area (Å²) in [5.74, 6) is 1.42. The second-order valence-electron chi connectivity index (χ2n) is 11.7. The van der Waals surface area contributed by atoms with E-state index in [4.69, 9.17) is 4.79 Å². The van der Waals surface area contributed by atoms with Crippen molar-refractivity contribution in [2.75, 3.05) is 0 Å². The van der Waals surface area contributed by atoms with Gasteiger partial charge in [-0.1, -0.05) is 147 Å². The molecule has 1 saturated carbocycles. The minimum Gasteiger partial charge on any atom is -0.304 e. The van der Waals surface area contributed by atoms with Crippen LogP contribution in [0.5, 0.6) is 0 Å². The lowest BCUT2D eigenvalue weighted by Gasteiger charge is -2.32. The summed E-state index contributed by atoms with van der Waals surface area (Å²) in [5.41, 5.74) is 7.79. The topological polar surface area (TPSA) is 17.1 Å². The molecule has 1 nitrogen and oxygen atoms in total. The third-order valence-electron chi connectivity index (χ3n) is 7.31. The predicted octanol–water partition coefficient (Wildman–Crippen LogP) is 13.6. The Kier molecular flexibility index (Phi) is 34.4. The van der Waals surface area contributed by atoms with Crippen molar-refractivity contribution >= 4 is 6.29 Å². The summed E-state index contributed by atoms with van der Waals surface area (Å²) >= 11 is 0.